The SMILES string of the molecule is C[Si]1(C)c2cc(Cl)ccc2-c2c1ccc1sc3ccccc3c21. The molecule has 112 valence electrons. The van der Waals surface area contributed by atoms with E-state index in [1.807, 2.05) is 17.4 Å². The number of fused-ring (bicyclic) bond motifs is 7. The fraction of sp³-hybridized carbons (Fsp3) is 0.100. The molecular weight excluding hydrogens is 336 g/mol. The van der Waals surface area contributed by atoms with Crippen molar-refractivity contribution in [1.29, 1.82) is 0 Å². The smallest absolute Gasteiger partial charge is 0.113 e. The molecule has 4 aromatic rings. The Balaban J connectivity index is 2.03. The van der Waals surface area contributed by atoms with Crippen molar-refractivity contribution in [3.8, 4) is 11.1 Å². The van der Waals surface area contributed by atoms with Gasteiger partial charge in [-0.25, -0.2) is 0 Å². The topological polar surface area (TPSA) is 0 Å². The predicted octanol–water partition coefficient (Wildman–Crippen LogP) is 5.51. The van der Waals surface area contributed by atoms with Gasteiger partial charge in [-0.2, -0.15) is 0 Å². The van der Waals surface area contributed by atoms with Crippen LogP contribution in [-0.2, 0) is 0 Å². The highest BCUT2D eigenvalue weighted by atomic mass is 35.5. The first-order valence-corrected chi connectivity index (χ1v) is 12.0. The molecule has 5 rings (SSSR count). The molecule has 23 heavy (non-hydrogen) atoms. The lowest BCUT2D eigenvalue weighted by Gasteiger charge is -2.18. The Kier molecular flexibility index (Phi) is 2.68. The number of halogens is 1. The number of rotatable bonds is 0. The number of hydrogen-bond donors (Lipinski definition) is 0. The fourth-order valence-corrected chi connectivity index (χ4v) is 8.46. The van der Waals surface area contributed by atoms with Gasteiger partial charge in [0.1, 0.15) is 8.07 Å². The maximum Gasteiger partial charge on any atom is 0.113 e. The zero-order valence-electron chi connectivity index (χ0n) is 13.0. The summed E-state index contributed by atoms with van der Waals surface area (Å²) in [4.78, 5) is 0. The van der Waals surface area contributed by atoms with E-state index in [1.54, 1.807) is 5.19 Å². The van der Waals surface area contributed by atoms with Gasteiger partial charge in [0.25, 0.3) is 0 Å². The van der Waals surface area contributed by atoms with Gasteiger partial charge in [-0.1, -0.05) is 55.0 Å². The zero-order chi connectivity index (χ0) is 15.8. The third-order valence-electron chi connectivity index (χ3n) is 5.14. The van der Waals surface area contributed by atoms with Crippen LogP contribution in [0.3, 0.4) is 0 Å². The summed E-state index contributed by atoms with van der Waals surface area (Å²) in [7, 11) is -1.67. The molecular formula is C20H15ClSSi. The lowest BCUT2D eigenvalue weighted by atomic mass is 10.00. The van der Waals surface area contributed by atoms with Gasteiger partial charge in [-0.15, -0.1) is 11.3 Å². The van der Waals surface area contributed by atoms with Crippen molar-refractivity contribution in [3.63, 3.8) is 0 Å². The summed E-state index contributed by atoms with van der Waals surface area (Å²) in [5.74, 6) is 0. The maximum absolute atomic E-state index is 6.31. The molecule has 0 fully saturated rings. The van der Waals surface area contributed by atoms with Gasteiger partial charge in [-0.05, 0) is 45.8 Å². The van der Waals surface area contributed by atoms with E-state index in [0.717, 1.165) is 5.02 Å². The normalized spacial score (nSPS) is 15.1. The minimum absolute atomic E-state index is 0.851. The lowest BCUT2D eigenvalue weighted by molar-refractivity contribution is 1.74. The molecule has 0 unspecified atom stereocenters. The summed E-state index contributed by atoms with van der Waals surface area (Å²) in [5, 5.41) is 6.69. The Labute approximate surface area is 145 Å². The van der Waals surface area contributed by atoms with Gasteiger partial charge in [-0.3, -0.25) is 0 Å². The fourth-order valence-electron chi connectivity index (χ4n) is 4.01. The van der Waals surface area contributed by atoms with Gasteiger partial charge in [0.2, 0.25) is 0 Å². The highest BCUT2D eigenvalue weighted by Gasteiger charge is 2.38. The van der Waals surface area contributed by atoms with Gasteiger partial charge in [0.15, 0.2) is 0 Å². The molecule has 0 atom stereocenters. The molecule has 3 heteroatoms. The molecule has 0 saturated heterocycles. The molecule has 0 amide bonds. The van der Waals surface area contributed by atoms with Crippen LogP contribution < -0.4 is 10.4 Å². The Morgan fingerprint density at radius 1 is 0.870 bits per heavy atom. The quantitative estimate of drug-likeness (QED) is 0.367. The van der Waals surface area contributed by atoms with Crippen molar-refractivity contribution in [3.05, 3.63) is 59.6 Å². The number of benzene rings is 3. The largest absolute Gasteiger partial charge is 0.135 e. The molecule has 0 nitrogen and oxygen atoms in total. The molecule has 3 aromatic carbocycles. The number of hydrogen-bond acceptors (Lipinski definition) is 1. The predicted molar refractivity (Wildman–Crippen MR) is 107 cm³/mol. The highest BCUT2D eigenvalue weighted by molar-refractivity contribution is 7.26. The van der Waals surface area contributed by atoms with E-state index in [2.05, 4.69) is 61.6 Å². The molecule has 1 aliphatic rings. The minimum Gasteiger partial charge on any atom is -0.135 e. The Morgan fingerprint density at radius 3 is 2.57 bits per heavy atom. The second kappa shape index (κ2) is 4.47. The third kappa shape index (κ3) is 1.72. The van der Waals surface area contributed by atoms with Crippen molar-refractivity contribution >= 4 is 61.6 Å². The average Bonchev–Trinajstić information content (AvgIpc) is 3.01. The van der Waals surface area contributed by atoms with Crippen LogP contribution in [0.25, 0.3) is 31.3 Å². The Bertz CT molecular complexity index is 1110. The van der Waals surface area contributed by atoms with Gasteiger partial charge >= 0.3 is 0 Å². The van der Waals surface area contributed by atoms with E-state index in [1.165, 1.54) is 36.5 Å². The van der Waals surface area contributed by atoms with E-state index in [4.69, 9.17) is 11.6 Å². The molecule has 0 N–H and O–H groups in total. The van der Waals surface area contributed by atoms with E-state index < -0.39 is 8.07 Å². The Morgan fingerprint density at radius 2 is 1.70 bits per heavy atom. The van der Waals surface area contributed by atoms with E-state index in [9.17, 15) is 0 Å². The van der Waals surface area contributed by atoms with Gasteiger partial charge < -0.3 is 0 Å². The van der Waals surface area contributed by atoms with Gasteiger partial charge in [0.05, 0.1) is 0 Å². The van der Waals surface area contributed by atoms with Crippen LogP contribution in [0.15, 0.2) is 54.6 Å². The van der Waals surface area contributed by atoms with Crippen molar-refractivity contribution in [2.75, 3.05) is 0 Å². The first-order chi connectivity index (χ1) is 11.1. The summed E-state index contributed by atoms with van der Waals surface area (Å²) in [6, 6.07) is 19.9. The summed E-state index contributed by atoms with van der Waals surface area (Å²) < 4.78 is 2.76. The van der Waals surface area contributed by atoms with Crippen LogP contribution in [-0.4, -0.2) is 8.07 Å². The van der Waals surface area contributed by atoms with Crippen LogP contribution in [0.4, 0.5) is 0 Å². The molecule has 0 spiro atoms. The summed E-state index contributed by atoms with van der Waals surface area (Å²) in [6.45, 7) is 4.88. The van der Waals surface area contributed by atoms with E-state index in [-0.39, 0.29) is 0 Å². The molecule has 0 aliphatic carbocycles. The van der Waals surface area contributed by atoms with Crippen LogP contribution in [0.5, 0.6) is 0 Å². The lowest BCUT2D eigenvalue weighted by Crippen LogP contribution is -2.49. The molecule has 2 heterocycles. The number of thiophene rings is 1. The van der Waals surface area contributed by atoms with E-state index >= 15 is 0 Å². The monoisotopic (exact) mass is 350 g/mol. The van der Waals surface area contributed by atoms with Crippen LogP contribution in [0.2, 0.25) is 18.1 Å². The first-order valence-electron chi connectivity index (χ1n) is 7.82. The Hall–Kier alpha value is -1.61. The summed E-state index contributed by atoms with van der Waals surface area (Å²) in [5.41, 5.74) is 2.86. The minimum atomic E-state index is -1.67. The summed E-state index contributed by atoms with van der Waals surface area (Å²) >= 11 is 8.21. The van der Waals surface area contributed by atoms with Crippen LogP contribution >= 0.6 is 22.9 Å². The zero-order valence-corrected chi connectivity index (χ0v) is 15.6. The average molecular weight is 351 g/mol. The van der Waals surface area contributed by atoms with Crippen LogP contribution in [0.1, 0.15) is 0 Å². The standard InChI is InChI=1S/C20H15ClSSi/c1-23(2)17-10-9-16-19(13-5-3-4-6-15(13)22-16)20(17)14-8-7-12(21)11-18(14)23/h3-11H,1-2H3. The van der Waals surface area contributed by atoms with Crippen molar-refractivity contribution in [1.82, 2.24) is 0 Å². The second-order valence-corrected chi connectivity index (χ2v) is 12.6. The van der Waals surface area contributed by atoms with Crippen molar-refractivity contribution in [2.45, 2.75) is 13.1 Å². The first kappa shape index (κ1) is 13.8. The third-order valence-corrected chi connectivity index (χ3v) is 10.0. The molecule has 1 aromatic heterocycles. The maximum atomic E-state index is 6.31. The second-order valence-electron chi connectivity index (χ2n) is 6.77. The van der Waals surface area contributed by atoms with Crippen molar-refractivity contribution < 1.29 is 0 Å². The van der Waals surface area contributed by atoms with E-state index in [0.29, 0.717) is 0 Å². The summed E-state index contributed by atoms with van der Waals surface area (Å²) in [6.07, 6.45) is 0. The molecule has 1 aliphatic heterocycles. The van der Waals surface area contributed by atoms with Crippen molar-refractivity contribution in [2.24, 2.45) is 0 Å². The molecule has 0 saturated carbocycles. The molecule has 0 bridgehead atoms. The molecule has 0 radical (unpaired) electrons. The highest BCUT2D eigenvalue weighted by Crippen LogP contribution is 2.42. The van der Waals surface area contributed by atoms with Gasteiger partial charge in [0, 0.05) is 25.2 Å². The van der Waals surface area contributed by atoms with Crippen LogP contribution in [0, 0.1) is 0 Å².